The number of primary amides is 1. The number of hydrogen-bond acceptors (Lipinski definition) is 4. The van der Waals surface area contributed by atoms with Crippen LogP contribution in [0.1, 0.15) is 19.4 Å². The number of ether oxygens (including phenoxy) is 2. The lowest BCUT2D eigenvalue weighted by Gasteiger charge is -2.24. The molecule has 1 rings (SSSR count). The van der Waals surface area contributed by atoms with E-state index in [0.717, 1.165) is 6.20 Å². The minimum absolute atomic E-state index is 0.0263. The van der Waals surface area contributed by atoms with Crippen LogP contribution >= 0.6 is 11.6 Å². The fourth-order valence-corrected chi connectivity index (χ4v) is 1.43. The predicted octanol–water partition coefficient (Wildman–Crippen LogP) is 2.21. The zero-order valence-corrected chi connectivity index (χ0v) is 10.8. The average Bonchev–Trinajstić information content (AvgIpc) is 2.25. The van der Waals surface area contributed by atoms with Crippen molar-refractivity contribution in [2.75, 3.05) is 6.61 Å². The molecule has 0 aromatic carbocycles. The summed E-state index contributed by atoms with van der Waals surface area (Å²) in [5.41, 5.74) is 4.43. The normalized spacial score (nSPS) is 11.1. The van der Waals surface area contributed by atoms with Gasteiger partial charge in [-0.1, -0.05) is 0 Å². The zero-order valence-electron chi connectivity index (χ0n) is 10.1. The quantitative estimate of drug-likeness (QED) is 0.837. The van der Waals surface area contributed by atoms with Crippen LogP contribution in [0.25, 0.3) is 0 Å². The van der Waals surface area contributed by atoms with Crippen molar-refractivity contribution < 1.29 is 18.7 Å². The standard InChI is InChI=1S/C11H14ClFN2O3/c1-11(2,18-10(14)16)6-17-9-7(4-12)3-8(13)5-15-9/h3,5H,4,6H2,1-2H3,(H2,14,16). The molecule has 0 spiro atoms. The fraction of sp³-hybridized carbons (Fsp3) is 0.455. The molecule has 7 heteroatoms. The van der Waals surface area contributed by atoms with Crippen LogP contribution in [0.4, 0.5) is 9.18 Å². The highest BCUT2D eigenvalue weighted by molar-refractivity contribution is 6.17. The Morgan fingerprint density at radius 2 is 2.28 bits per heavy atom. The van der Waals surface area contributed by atoms with Crippen LogP contribution in [0.5, 0.6) is 5.88 Å². The SMILES string of the molecule is CC(C)(COc1ncc(F)cc1CCl)OC(N)=O. The molecule has 1 heterocycles. The molecule has 0 aliphatic carbocycles. The van der Waals surface area contributed by atoms with Gasteiger partial charge >= 0.3 is 6.09 Å². The second kappa shape index (κ2) is 5.86. The third-order valence-corrected chi connectivity index (χ3v) is 2.26. The van der Waals surface area contributed by atoms with Gasteiger partial charge < -0.3 is 15.2 Å². The minimum atomic E-state index is -0.911. The molecule has 1 amide bonds. The van der Waals surface area contributed by atoms with E-state index in [1.807, 2.05) is 0 Å². The molecule has 0 bridgehead atoms. The van der Waals surface area contributed by atoms with Gasteiger partial charge in [0.2, 0.25) is 5.88 Å². The highest BCUT2D eigenvalue weighted by Gasteiger charge is 2.23. The Kier molecular flexibility index (Phi) is 4.72. The summed E-state index contributed by atoms with van der Waals surface area (Å²) in [4.78, 5) is 14.4. The van der Waals surface area contributed by atoms with E-state index >= 15 is 0 Å². The van der Waals surface area contributed by atoms with Crippen molar-refractivity contribution in [1.29, 1.82) is 0 Å². The molecular formula is C11H14ClFN2O3. The predicted molar refractivity (Wildman–Crippen MR) is 64.0 cm³/mol. The Morgan fingerprint density at radius 3 is 2.83 bits per heavy atom. The number of rotatable bonds is 5. The topological polar surface area (TPSA) is 74.4 Å². The van der Waals surface area contributed by atoms with Crippen LogP contribution in [-0.2, 0) is 10.6 Å². The minimum Gasteiger partial charge on any atom is -0.473 e. The number of carbonyl (C=O) groups is 1. The summed E-state index contributed by atoms with van der Waals surface area (Å²) in [5, 5.41) is 0. The molecule has 1 aromatic rings. The van der Waals surface area contributed by atoms with Gasteiger partial charge in [-0.05, 0) is 19.9 Å². The summed E-state index contributed by atoms with van der Waals surface area (Å²) < 4.78 is 23.1. The first kappa shape index (κ1) is 14.5. The highest BCUT2D eigenvalue weighted by Crippen LogP contribution is 2.20. The summed E-state index contributed by atoms with van der Waals surface area (Å²) in [6.07, 6.45) is 0.126. The number of carbonyl (C=O) groups excluding carboxylic acids is 1. The number of nitrogens with zero attached hydrogens (tertiary/aromatic N) is 1. The van der Waals surface area contributed by atoms with Crippen molar-refractivity contribution in [3.05, 3.63) is 23.6 Å². The van der Waals surface area contributed by atoms with Crippen molar-refractivity contribution in [2.24, 2.45) is 5.73 Å². The van der Waals surface area contributed by atoms with Crippen molar-refractivity contribution in [3.63, 3.8) is 0 Å². The van der Waals surface area contributed by atoms with Crippen molar-refractivity contribution in [1.82, 2.24) is 4.98 Å². The summed E-state index contributed by atoms with van der Waals surface area (Å²) >= 11 is 5.65. The maximum absolute atomic E-state index is 12.9. The highest BCUT2D eigenvalue weighted by atomic mass is 35.5. The number of hydrogen-bond donors (Lipinski definition) is 1. The van der Waals surface area contributed by atoms with Crippen LogP contribution in [0.3, 0.4) is 0 Å². The van der Waals surface area contributed by atoms with E-state index in [2.05, 4.69) is 4.98 Å². The van der Waals surface area contributed by atoms with E-state index in [4.69, 9.17) is 26.8 Å². The lowest BCUT2D eigenvalue weighted by Crippen LogP contribution is -2.37. The number of nitrogens with two attached hydrogens (primary N) is 1. The van der Waals surface area contributed by atoms with E-state index in [-0.39, 0.29) is 18.4 Å². The van der Waals surface area contributed by atoms with Crippen LogP contribution in [0.2, 0.25) is 0 Å². The van der Waals surface area contributed by atoms with Gasteiger partial charge in [0.15, 0.2) is 0 Å². The summed E-state index contributed by atoms with van der Waals surface area (Å²) in [6, 6.07) is 1.23. The average molecular weight is 277 g/mol. The third-order valence-electron chi connectivity index (χ3n) is 1.97. The molecule has 0 saturated heterocycles. The van der Waals surface area contributed by atoms with Crippen molar-refractivity contribution >= 4 is 17.7 Å². The summed E-state index contributed by atoms with van der Waals surface area (Å²) in [7, 11) is 0. The zero-order chi connectivity index (χ0) is 13.8. The lowest BCUT2D eigenvalue weighted by molar-refractivity contribution is 0.00783. The van der Waals surface area contributed by atoms with E-state index in [1.165, 1.54) is 6.07 Å². The Hall–Kier alpha value is -1.56. The molecule has 0 aliphatic rings. The molecule has 100 valence electrons. The van der Waals surface area contributed by atoms with Gasteiger partial charge in [0, 0.05) is 5.56 Å². The molecular weight excluding hydrogens is 263 g/mol. The molecule has 0 radical (unpaired) electrons. The summed E-state index contributed by atoms with van der Waals surface area (Å²) in [6.45, 7) is 3.28. The number of alkyl halides is 1. The molecule has 1 aromatic heterocycles. The van der Waals surface area contributed by atoms with Gasteiger partial charge in [-0.3, -0.25) is 0 Å². The van der Waals surface area contributed by atoms with Gasteiger partial charge in [-0.15, -0.1) is 11.6 Å². The Bertz CT molecular complexity index is 440. The van der Waals surface area contributed by atoms with Gasteiger partial charge in [-0.25, -0.2) is 14.2 Å². The van der Waals surface area contributed by atoms with Gasteiger partial charge in [0.05, 0.1) is 12.1 Å². The van der Waals surface area contributed by atoms with Gasteiger partial charge in [0.1, 0.15) is 18.0 Å². The third kappa shape index (κ3) is 4.37. The number of aromatic nitrogens is 1. The van der Waals surface area contributed by atoms with Gasteiger partial charge in [0.25, 0.3) is 0 Å². The number of halogens is 2. The first-order valence-electron chi connectivity index (χ1n) is 5.16. The Balaban J connectivity index is 2.71. The van der Waals surface area contributed by atoms with E-state index in [9.17, 15) is 9.18 Å². The molecule has 0 atom stereocenters. The first-order valence-corrected chi connectivity index (χ1v) is 5.69. The Labute approximate surface area is 109 Å². The first-order chi connectivity index (χ1) is 8.34. The Morgan fingerprint density at radius 1 is 1.61 bits per heavy atom. The molecule has 2 N–H and O–H groups in total. The second-order valence-electron chi connectivity index (χ2n) is 4.22. The number of amides is 1. The maximum Gasteiger partial charge on any atom is 0.405 e. The van der Waals surface area contributed by atoms with Crippen molar-refractivity contribution in [2.45, 2.75) is 25.3 Å². The molecule has 0 unspecified atom stereocenters. The number of pyridine rings is 1. The van der Waals surface area contributed by atoms with Crippen LogP contribution in [-0.4, -0.2) is 23.3 Å². The fourth-order valence-electron chi connectivity index (χ4n) is 1.24. The molecule has 0 aliphatic heterocycles. The molecule has 18 heavy (non-hydrogen) atoms. The van der Waals surface area contributed by atoms with Gasteiger partial charge in [-0.2, -0.15) is 0 Å². The van der Waals surface area contributed by atoms with Crippen LogP contribution in [0, 0.1) is 5.82 Å². The summed E-state index contributed by atoms with van der Waals surface area (Å²) in [5.74, 6) is -0.227. The largest absolute Gasteiger partial charge is 0.473 e. The van der Waals surface area contributed by atoms with E-state index in [0.29, 0.717) is 5.56 Å². The molecule has 0 fully saturated rings. The van der Waals surface area contributed by atoms with Crippen LogP contribution < -0.4 is 10.5 Å². The molecule has 0 saturated carbocycles. The van der Waals surface area contributed by atoms with Crippen molar-refractivity contribution in [3.8, 4) is 5.88 Å². The second-order valence-corrected chi connectivity index (χ2v) is 4.49. The van der Waals surface area contributed by atoms with E-state index < -0.39 is 17.5 Å². The monoisotopic (exact) mass is 276 g/mol. The maximum atomic E-state index is 12.9. The smallest absolute Gasteiger partial charge is 0.405 e. The van der Waals surface area contributed by atoms with Crippen LogP contribution in [0.15, 0.2) is 12.3 Å². The lowest BCUT2D eigenvalue weighted by atomic mass is 10.1. The molecule has 5 nitrogen and oxygen atoms in total. The van der Waals surface area contributed by atoms with E-state index in [1.54, 1.807) is 13.8 Å².